The number of hydrogen-bond donors (Lipinski definition) is 2. The molecule has 4 nitrogen and oxygen atoms in total. The number of nitrogens with one attached hydrogen (secondary N) is 1. The molecule has 1 aromatic carbocycles. The second-order valence-electron chi connectivity index (χ2n) is 4.92. The Morgan fingerprint density at radius 3 is 2.95 bits per heavy atom. The predicted molar refractivity (Wildman–Crippen MR) is 71.0 cm³/mol. The monoisotopic (exact) mass is 257 g/mol. The van der Waals surface area contributed by atoms with E-state index in [1.165, 1.54) is 0 Å². The molecule has 0 aliphatic heterocycles. The molecule has 1 heterocycles. The predicted octanol–water partition coefficient (Wildman–Crippen LogP) is 3.04. The fourth-order valence-corrected chi connectivity index (χ4v) is 2.29. The van der Waals surface area contributed by atoms with Gasteiger partial charge in [-0.25, -0.2) is 0 Å². The Morgan fingerprint density at radius 2 is 2.21 bits per heavy atom. The SMILES string of the molecule is Cc1cccc(NC(=O)[C@H]2C[C@H]2c2ccco2)c1O. The van der Waals surface area contributed by atoms with Gasteiger partial charge in [-0.2, -0.15) is 0 Å². The van der Waals surface area contributed by atoms with Crippen LogP contribution >= 0.6 is 0 Å². The van der Waals surface area contributed by atoms with Gasteiger partial charge in [-0.05, 0) is 37.1 Å². The number of phenols is 1. The molecule has 1 saturated carbocycles. The minimum Gasteiger partial charge on any atom is -0.505 e. The van der Waals surface area contributed by atoms with Gasteiger partial charge in [0, 0.05) is 11.8 Å². The van der Waals surface area contributed by atoms with Gasteiger partial charge in [-0.15, -0.1) is 0 Å². The number of anilines is 1. The zero-order valence-electron chi connectivity index (χ0n) is 10.6. The van der Waals surface area contributed by atoms with Crippen molar-refractivity contribution in [2.45, 2.75) is 19.3 Å². The number of furan rings is 1. The van der Waals surface area contributed by atoms with Gasteiger partial charge in [0.15, 0.2) is 0 Å². The van der Waals surface area contributed by atoms with Crippen LogP contribution in [-0.4, -0.2) is 11.0 Å². The largest absolute Gasteiger partial charge is 0.505 e. The minimum atomic E-state index is -0.0673. The number of aryl methyl sites for hydroxylation is 1. The number of benzene rings is 1. The summed E-state index contributed by atoms with van der Waals surface area (Å²) in [5.74, 6) is 1.02. The molecule has 1 amide bonds. The fraction of sp³-hybridized carbons (Fsp3) is 0.267. The number of amides is 1. The van der Waals surface area contributed by atoms with Crippen LogP contribution in [0.15, 0.2) is 41.0 Å². The average molecular weight is 257 g/mol. The van der Waals surface area contributed by atoms with Crippen molar-refractivity contribution in [1.82, 2.24) is 0 Å². The van der Waals surface area contributed by atoms with Crippen LogP contribution in [0, 0.1) is 12.8 Å². The Hall–Kier alpha value is -2.23. The van der Waals surface area contributed by atoms with Gasteiger partial charge in [-0.1, -0.05) is 12.1 Å². The number of hydrogen-bond acceptors (Lipinski definition) is 3. The summed E-state index contributed by atoms with van der Waals surface area (Å²) in [6, 6.07) is 9.02. The Morgan fingerprint density at radius 1 is 1.37 bits per heavy atom. The van der Waals surface area contributed by atoms with Gasteiger partial charge in [0.25, 0.3) is 0 Å². The van der Waals surface area contributed by atoms with Crippen LogP contribution in [0.5, 0.6) is 5.75 Å². The molecular weight excluding hydrogens is 242 g/mol. The Balaban J connectivity index is 1.69. The highest BCUT2D eigenvalue weighted by Crippen LogP contribution is 2.48. The van der Waals surface area contributed by atoms with Crippen molar-refractivity contribution in [3.8, 4) is 5.75 Å². The molecule has 1 fully saturated rings. The molecule has 0 spiro atoms. The summed E-state index contributed by atoms with van der Waals surface area (Å²) in [5, 5.41) is 12.6. The van der Waals surface area contributed by atoms with E-state index in [-0.39, 0.29) is 23.5 Å². The maximum absolute atomic E-state index is 12.1. The maximum atomic E-state index is 12.1. The summed E-state index contributed by atoms with van der Waals surface area (Å²) in [6.07, 6.45) is 2.42. The second kappa shape index (κ2) is 4.46. The van der Waals surface area contributed by atoms with Crippen LogP contribution in [0.4, 0.5) is 5.69 Å². The summed E-state index contributed by atoms with van der Waals surface area (Å²) >= 11 is 0. The highest BCUT2D eigenvalue weighted by atomic mass is 16.3. The van der Waals surface area contributed by atoms with Crippen molar-refractivity contribution in [3.63, 3.8) is 0 Å². The highest BCUT2D eigenvalue weighted by molar-refractivity contribution is 5.96. The average Bonchev–Trinajstić information content (AvgIpc) is 3.02. The van der Waals surface area contributed by atoms with E-state index in [2.05, 4.69) is 5.32 Å². The lowest BCUT2D eigenvalue weighted by molar-refractivity contribution is -0.117. The van der Waals surface area contributed by atoms with E-state index in [9.17, 15) is 9.90 Å². The molecule has 1 aliphatic carbocycles. The number of para-hydroxylation sites is 1. The van der Waals surface area contributed by atoms with Crippen molar-refractivity contribution < 1.29 is 14.3 Å². The lowest BCUT2D eigenvalue weighted by atomic mass is 10.2. The van der Waals surface area contributed by atoms with Crippen molar-refractivity contribution in [2.75, 3.05) is 5.32 Å². The molecule has 1 aromatic heterocycles. The first-order valence-corrected chi connectivity index (χ1v) is 6.29. The highest BCUT2D eigenvalue weighted by Gasteiger charge is 2.45. The second-order valence-corrected chi connectivity index (χ2v) is 4.92. The van der Waals surface area contributed by atoms with Crippen LogP contribution in [0.3, 0.4) is 0 Å². The van der Waals surface area contributed by atoms with Gasteiger partial charge in [-0.3, -0.25) is 4.79 Å². The van der Waals surface area contributed by atoms with E-state index in [0.29, 0.717) is 5.69 Å². The smallest absolute Gasteiger partial charge is 0.228 e. The van der Waals surface area contributed by atoms with Gasteiger partial charge < -0.3 is 14.8 Å². The van der Waals surface area contributed by atoms with Crippen LogP contribution in [-0.2, 0) is 4.79 Å². The third kappa shape index (κ3) is 2.21. The number of phenolic OH excluding ortho intramolecular Hbond substituents is 1. The third-order valence-corrected chi connectivity index (χ3v) is 3.53. The first-order valence-electron chi connectivity index (χ1n) is 6.29. The molecule has 19 heavy (non-hydrogen) atoms. The molecular formula is C15H15NO3. The van der Waals surface area contributed by atoms with Crippen LogP contribution < -0.4 is 5.32 Å². The lowest BCUT2D eigenvalue weighted by Crippen LogP contribution is -2.14. The molecule has 0 saturated heterocycles. The van der Waals surface area contributed by atoms with E-state index in [0.717, 1.165) is 17.7 Å². The zero-order chi connectivity index (χ0) is 13.4. The summed E-state index contributed by atoms with van der Waals surface area (Å²) in [6.45, 7) is 1.80. The first-order chi connectivity index (χ1) is 9.16. The van der Waals surface area contributed by atoms with E-state index in [1.807, 2.05) is 18.2 Å². The molecule has 2 aromatic rings. The standard InChI is InChI=1S/C15H15NO3/c1-9-4-2-5-12(14(9)17)16-15(18)11-8-10(11)13-6-3-7-19-13/h2-7,10-11,17H,8H2,1H3,(H,16,18)/t10-,11+/m1/s1. The lowest BCUT2D eigenvalue weighted by Gasteiger charge is -2.08. The van der Waals surface area contributed by atoms with E-state index in [4.69, 9.17) is 4.42 Å². The summed E-state index contributed by atoms with van der Waals surface area (Å²) in [4.78, 5) is 12.1. The summed E-state index contributed by atoms with van der Waals surface area (Å²) < 4.78 is 5.30. The van der Waals surface area contributed by atoms with E-state index < -0.39 is 0 Å². The van der Waals surface area contributed by atoms with E-state index >= 15 is 0 Å². The Bertz CT molecular complexity index is 604. The molecule has 0 bridgehead atoms. The number of aromatic hydroxyl groups is 1. The Labute approximate surface area is 111 Å². The fourth-order valence-electron chi connectivity index (χ4n) is 2.29. The number of carbonyl (C=O) groups is 1. The molecule has 2 N–H and O–H groups in total. The van der Waals surface area contributed by atoms with Crippen molar-refractivity contribution in [2.24, 2.45) is 5.92 Å². The Kier molecular flexibility index (Phi) is 2.78. The van der Waals surface area contributed by atoms with Crippen LogP contribution in [0.1, 0.15) is 23.7 Å². The molecule has 3 rings (SSSR count). The molecule has 0 unspecified atom stereocenters. The minimum absolute atomic E-state index is 0.0638. The summed E-state index contributed by atoms with van der Waals surface area (Å²) in [7, 11) is 0. The summed E-state index contributed by atoms with van der Waals surface area (Å²) in [5.41, 5.74) is 1.21. The topological polar surface area (TPSA) is 62.5 Å². The molecule has 2 atom stereocenters. The zero-order valence-corrected chi connectivity index (χ0v) is 10.6. The first kappa shape index (κ1) is 11.8. The quantitative estimate of drug-likeness (QED) is 0.831. The molecule has 98 valence electrons. The molecule has 4 heteroatoms. The normalized spacial score (nSPS) is 21.1. The third-order valence-electron chi connectivity index (χ3n) is 3.53. The maximum Gasteiger partial charge on any atom is 0.228 e. The molecule has 1 aliphatic rings. The van der Waals surface area contributed by atoms with Gasteiger partial charge in [0.2, 0.25) is 5.91 Å². The van der Waals surface area contributed by atoms with Gasteiger partial charge in [0.1, 0.15) is 11.5 Å². The van der Waals surface area contributed by atoms with E-state index in [1.54, 1.807) is 25.3 Å². The van der Waals surface area contributed by atoms with Crippen molar-refractivity contribution >= 4 is 11.6 Å². The number of carbonyl (C=O) groups excluding carboxylic acids is 1. The van der Waals surface area contributed by atoms with Crippen molar-refractivity contribution in [1.29, 1.82) is 0 Å². The van der Waals surface area contributed by atoms with Gasteiger partial charge >= 0.3 is 0 Å². The van der Waals surface area contributed by atoms with Gasteiger partial charge in [0.05, 0.1) is 12.0 Å². The van der Waals surface area contributed by atoms with Crippen molar-refractivity contribution in [3.05, 3.63) is 47.9 Å². The number of rotatable bonds is 3. The molecule has 0 radical (unpaired) electrons. The van der Waals surface area contributed by atoms with Crippen LogP contribution in [0.2, 0.25) is 0 Å². The van der Waals surface area contributed by atoms with Crippen LogP contribution in [0.25, 0.3) is 0 Å².